The molecule has 1 aliphatic rings. The van der Waals surface area contributed by atoms with Crippen LogP contribution in [0.15, 0.2) is 72.7 Å². The number of aromatic nitrogens is 1. The normalized spacial score (nSPS) is 13.3. The zero-order valence-electron chi connectivity index (χ0n) is 18.1. The zero-order valence-corrected chi connectivity index (χ0v) is 18.9. The fourth-order valence-electron chi connectivity index (χ4n) is 3.51. The summed E-state index contributed by atoms with van der Waals surface area (Å²) in [6.07, 6.45) is 3.63. The highest BCUT2D eigenvalue weighted by molar-refractivity contribution is 6.36. The number of halogens is 1. The highest BCUT2D eigenvalue weighted by atomic mass is 35.7. The molecule has 0 fully saturated rings. The van der Waals surface area contributed by atoms with Gasteiger partial charge in [0.2, 0.25) is 5.78 Å². The quantitative estimate of drug-likeness (QED) is 0.510. The van der Waals surface area contributed by atoms with Crippen LogP contribution in [0, 0.1) is 31.0 Å². The minimum atomic E-state index is -4.94. The first-order valence-corrected chi connectivity index (χ1v) is 11.1. The lowest BCUT2D eigenvalue weighted by Crippen LogP contribution is -2.68. The molecule has 1 aromatic heterocycles. The molecule has 0 radical (unpaired) electrons. The molecule has 4 rings (SSSR count). The van der Waals surface area contributed by atoms with E-state index >= 15 is 0 Å². The van der Waals surface area contributed by atoms with Crippen molar-refractivity contribution in [2.24, 2.45) is 0 Å². The van der Waals surface area contributed by atoms with Gasteiger partial charge in [-0.05, 0) is 37.5 Å². The van der Waals surface area contributed by atoms with Gasteiger partial charge in [0.15, 0.2) is 18.1 Å². The Morgan fingerprint density at radius 2 is 1.21 bits per heavy atom. The third kappa shape index (κ3) is 5.70. The number of allylic oxidation sites excluding steroid dienone is 2. The SMILES string of the molecule is Cc1cc[n+](C2=C(Nc3c(C)cccc3C)C(=O)c3ccccc3C2=O)cc1.[O-][Cl+3]([O-])([O-])[O-]. The number of ketones is 2. The number of Topliss-reactive ketones (excluding diaryl/α,β-unsaturated/α-hetero) is 2. The molecule has 0 spiro atoms. The Balaban J connectivity index is 0.000000555. The molecule has 0 atom stereocenters. The molecule has 9 heteroatoms. The smallest absolute Gasteiger partial charge is 0.286 e. The first-order valence-electron chi connectivity index (χ1n) is 9.83. The summed E-state index contributed by atoms with van der Waals surface area (Å²) in [5.74, 6) is -0.348. The van der Waals surface area contributed by atoms with E-state index in [4.69, 9.17) is 18.6 Å². The summed E-state index contributed by atoms with van der Waals surface area (Å²) in [7, 11) is -4.94. The number of benzene rings is 2. The number of fused-ring (bicyclic) bond motifs is 1. The first kappa shape index (κ1) is 24.2. The maximum Gasteiger partial charge on any atom is 0.286 e. The predicted molar refractivity (Wildman–Crippen MR) is 109 cm³/mol. The molecule has 33 heavy (non-hydrogen) atoms. The van der Waals surface area contributed by atoms with Crippen LogP contribution in [-0.2, 0) is 0 Å². The summed E-state index contributed by atoms with van der Waals surface area (Å²) in [6, 6.07) is 16.8. The molecular formula is C24H21ClN2O6. The summed E-state index contributed by atoms with van der Waals surface area (Å²) in [5, 5.41) is 3.29. The van der Waals surface area contributed by atoms with Gasteiger partial charge in [0.25, 0.3) is 11.5 Å². The number of hydrogen-bond acceptors (Lipinski definition) is 7. The van der Waals surface area contributed by atoms with E-state index in [2.05, 4.69) is 5.32 Å². The molecule has 0 bridgehead atoms. The van der Waals surface area contributed by atoms with Gasteiger partial charge in [-0.3, -0.25) is 9.59 Å². The fraction of sp³-hybridized carbons (Fsp3) is 0.125. The van der Waals surface area contributed by atoms with Crippen molar-refractivity contribution in [3.05, 3.63) is 101 Å². The predicted octanol–water partition coefficient (Wildman–Crippen LogP) is -0.497. The van der Waals surface area contributed by atoms with Gasteiger partial charge in [-0.2, -0.15) is 4.57 Å². The Hall–Kier alpha value is -3.40. The van der Waals surface area contributed by atoms with E-state index < -0.39 is 10.2 Å². The van der Waals surface area contributed by atoms with Gasteiger partial charge in [0.05, 0.1) is 0 Å². The van der Waals surface area contributed by atoms with Crippen molar-refractivity contribution in [2.75, 3.05) is 5.32 Å². The van der Waals surface area contributed by atoms with Crippen molar-refractivity contribution in [2.45, 2.75) is 20.8 Å². The summed E-state index contributed by atoms with van der Waals surface area (Å²) >= 11 is 0. The molecule has 3 aromatic rings. The Morgan fingerprint density at radius 1 is 0.727 bits per heavy atom. The van der Waals surface area contributed by atoms with Crippen LogP contribution in [0.25, 0.3) is 5.70 Å². The molecule has 8 nitrogen and oxygen atoms in total. The van der Waals surface area contributed by atoms with Crippen molar-refractivity contribution in [3.8, 4) is 0 Å². The molecule has 1 N–H and O–H groups in total. The molecular weight excluding hydrogens is 448 g/mol. The third-order valence-electron chi connectivity index (χ3n) is 5.08. The maximum atomic E-state index is 13.4. The minimum Gasteiger partial charge on any atom is -0.346 e. The van der Waals surface area contributed by atoms with Gasteiger partial charge in [0.1, 0.15) is 0 Å². The third-order valence-corrected chi connectivity index (χ3v) is 5.08. The van der Waals surface area contributed by atoms with Crippen LogP contribution >= 0.6 is 0 Å². The molecule has 0 saturated carbocycles. The monoisotopic (exact) mass is 468 g/mol. The lowest BCUT2D eigenvalue weighted by Gasteiger charge is -2.20. The second-order valence-corrected chi connectivity index (χ2v) is 8.24. The Bertz CT molecular complexity index is 1220. The van der Waals surface area contributed by atoms with Crippen molar-refractivity contribution < 1.29 is 43.0 Å². The summed E-state index contributed by atoms with van der Waals surface area (Å²) in [6.45, 7) is 5.95. The standard InChI is InChI=1S/C24H20N2O2.ClHO4/c1-15-11-13-26(14-12-15)22-21(25-20-16(2)7-6-8-17(20)3)23(27)18-9-4-5-10-19(18)24(22)28;2-1(3,4)5/h4-14H,1-3H3;(H,2,3,4,5). The molecule has 0 amide bonds. The van der Waals surface area contributed by atoms with Crippen molar-refractivity contribution in [1.82, 2.24) is 0 Å². The van der Waals surface area contributed by atoms with Crippen molar-refractivity contribution >= 4 is 23.0 Å². The van der Waals surface area contributed by atoms with E-state index in [1.165, 1.54) is 0 Å². The lowest BCUT2D eigenvalue weighted by atomic mass is 9.89. The van der Waals surface area contributed by atoms with Crippen molar-refractivity contribution in [3.63, 3.8) is 0 Å². The van der Waals surface area contributed by atoms with E-state index in [1.807, 2.05) is 63.5 Å². The first-order chi connectivity index (χ1) is 15.5. The number of carbonyl (C=O) groups is 2. The molecule has 1 heterocycles. The average molecular weight is 469 g/mol. The molecule has 0 aliphatic heterocycles. The largest absolute Gasteiger partial charge is 0.346 e. The van der Waals surface area contributed by atoms with E-state index in [-0.39, 0.29) is 11.6 Å². The number of hydrogen-bond donors (Lipinski definition) is 1. The molecule has 0 unspecified atom stereocenters. The number of rotatable bonds is 3. The number of nitrogens with zero attached hydrogens (tertiary/aromatic N) is 1. The van der Waals surface area contributed by atoms with Crippen LogP contribution in [0.5, 0.6) is 0 Å². The molecule has 2 aromatic carbocycles. The van der Waals surface area contributed by atoms with Gasteiger partial charge in [-0.1, -0.05) is 42.5 Å². The van der Waals surface area contributed by atoms with E-state index in [1.54, 1.807) is 28.8 Å². The molecule has 170 valence electrons. The van der Waals surface area contributed by atoms with Gasteiger partial charge in [-0.15, -0.1) is 10.2 Å². The van der Waals surface area contributed by atoms with Gasteiger partial charge >= 0.3 is 0 Å². The second-order valence-electron chi connectivity index (χ2n) is 7.48. The summed E-state index contributed by atoms with van der Waals surface area (Å²) in [4.78, 5) is 26.7. The number of anilines is 1. The van der Waals surface area contributed by atoms with E-state index in [9.17, 15) is 9.59 Å². The van der Waals surface area contributed by atoms with Crippen LogP contribution < -0.4 is 28.5 Å². The summed E-state index contributed by atoms with van der Waals surface area (Å²) < 4.78 is 35.7. The number of pyridine rings is 1. The summed E-state index contributed by atoms with van der Waals surface area (Å²) in [5.41, 5.74) is 5.46. The number of nitrogens with one attached hydrogen (secondary N) is 1. The van der Waals surface area contributed by atoms with Gasteiger partial charge < -0.3 is 5.32 Å². The van der Waals surface area contributed by atoms with Crippen LogP contribution in [0.2, 0.25) is 0 Å². The molecule has 1 aliphatic carbocycles. The highest BCUT2D eigenvalue weighted by Crippen LogP contribution is 2.29. The van der Waals surface area contributed by atoms with Crippen LogP contribution in [0.4, 0.5) is 5.69 Å². The zero-order chi connectivity index (χ0) is 24.3. The molecule has 0 saturated heterocycles. The maximum absolute atomic E-state index is 13.4. The second kappa shape index (κ2) is 9.62. The van der Waals surface area contributed by atoms with Crippen LogP contribution in [0.1, 0.15) is 37.4 Å². The Labute approximate surface area is 192 Å². The van der Waals surface area contributed by atoms with Crippen LogP contribution in [0.3, 0.4) is 0 Å². The number of aryl methyl sites for hydroxylation is 3. The topological polar surface area (TPSA) is 142 Å². The van der Waals surface area contributed by atoms with Gasteiger partial charge in [-0.25, -0.2) is 18.6 Å². The Morgan fingerprint density at radius 3 is 1.73 bits per heavy atom. The van der Waals surface area contributed by atoms with Gasteiger partial charge in [0, 0.05) is 28.9 Å². The number of carbonyl (C=O) groups excluding carboxylic acids is 2. The van der Waals surface area contributed by atoms with Crippen LogP contribution in [-0.4, -0.2) is 11.6 Å². The minimum absolute atomic E-state index is 0.169. The fourth-order valence-corrected chi connectivity index (χ4v) is 3.51. The lowest BCUT2D eigenvalue weighted by molar-refractivity contribution is -2.00. The average Bonchev–Trinajstić information content (AvgIpc) is 2.74. The van der Waals surface area contributed by atoms with Crippen molar-refractivity contribution in [1.29, 1.82) is 0 Å². The highest BCUT2D eigenvalue weighted by Gasteiger charge is 2.38. The Kier molecular flexibility index (Phi) is 7.06. The van der Waals surface area contributed by atoms with E-state index in [0.717, 1.165) is 22.4 Å². The van der Waals surface area contributed by atoms with E-state index in [0.29, 0.717) is 22.5 Å². The number of para-hydroxylation sites is 1.